The fourth-order valence-electron chi connectivity index (χ4n) is 1.49. The molecule has 1 aromatic carbocycles. The van der Waals surface area contributed by atoms with Crippen molar-refractivity contribution in [3.63, 3.8) is 0 Å². The second-order valence-corrected chi connectivity index (χ2v) is 3.64. The Morgan fingerprint density at radius 3 is 2.71 bits per heavy atom. The molecule has 6 nitrogen and oxygen atoms in total. The van der Waals surface area contributed by atoms with Gasteiger partial charge in [-0.3, -0.25) is 10.1 Å². The molecule has 0 radical (unpaired) electrons. The SMILES string of the molecule is COCC(C)Nc1ccc([N+](=O)[O-])c(OC)c1. The van der Waals surface area contributed by atoms with E-state index < -0.39 is 4.92 Å². The zero-order valence-corrected chi connectivity index (χ0v) is 10.1. The second-order valence-electron chi connectivity index (χ2n) is 3.64. The zero-order chi connectivity index (χ0) is 12.8. The van der Waals surface area contributed by atoms with Crippen LogP contribution in [0.4, 0.5) is 11.4 Å². The maximum absolute atomic E-state index is 10.7. The van der Waals surface area contributed by atoms with Crippen LogP contribution in [0.1, 0.15) is 6.92 Å². The molecule has 0 aliphatic carbocycles. The van der Waals surface area contributed by atoms with Gasteiger partial charge in [-0.1, -0.05) is 0 Å². The minimum absolute atomic E-state index is 0.0440. The summed E-state index contributed by atoms with van der Waals surface area (Å²) in [6, 6.07) is 4.78. The fraction of sp³-hybridized carbons (Fsp3) is 0.455. The molecule has 0 heterocycles. The highest BCUT2D eigenvalue weighted by Gasteiger charge is 2.15. The van der Waals surface area contributed by atoms with Gasteiger partial charge in [-0.05, 0) is 13.0 Å². The smallest absolute Gasteiger partial charge is 0.311 e. The van der Waals surface area contributed by atoms with Gasteiger partial charge in [-0.15, -0.1) is 0 Å². The van der Waals surface area contributed by atoms with E-state index in [-0.39, 0.29) is 17.5 Å². The quantitative estimate of drug-likeness (QED) is 0.608. The van der Waals surface area contributed by atoms with Crippen molar-refractivity contribution >= 4 is 11.4 Å². The minimum Gasteiger partial charge on any atom is -0.490 e. The number of hydrogen-bond donors (Lipinski definition) is 1. The van der Waals surface area contributed by atoms with Crippen LogP contribution in [0.3, 0.4) is 0 Å². The largest absolute Gasteiger partial charge is 0.490 e. The van der Waals surface area contributed by atoms with E-state index in [9.17, 15) is 10.1 Å². The average Bonchev–Trinajstić information content (AvgIpc) is 2.28. The van der Waals surface area contributed by atoms with Crippen LogP contribution >= 0.6 is 0 Å². The fourth-order valence-corrected chi connectivity index (χ4v) is 1.49. The van der Waals surface area contributed by atoms with Gasteiger partial charge in [0, 0.05) is 31.0 Å². The van der Waals surface area contributed by atoms with Gasteiger partial charge < -0.3 is 14.8 Å². The molecule has 0 aromatic heterocycles. The number of nitro benzene ring substituents is 1. The highest BCUT2D eigenvalue weighted by Crippen LogP contribution is 2.29. The number of nitrogens with zero attached hydrogens (tertiary/aromatic N) is 1. The lowest BCUT2D eigenvalue weighted by Gasteiger charge is -2.14. The van der Waals surface area contributed by atoms with Crippen LogP contribution in [0, 0.1) is 10.1 Å². The molecule has 0 saturated carbocycles. The number of nitrogens with one attached hydrogen (secondary N) is 1. The number of rotatable bonds is 6. The molecular weight excluding hydrogens is 224 g/mol. The van der Waals surface area contributed by atoms with E-state index in [2.05, 4.69) is 5.32 Å². The summed E-state index contributed by atoms with van der Waals surface area (Å²) in [5.41, 5.74) is 0.717. The van der Waals surface area contributed by atoms with Crippen LogP contribution in [0.25, 0.3) is 0 Å². The topological polar surface area (TPSA) is 73.6 Å². The molecule has 0 spiro atoms. The van der Waals surface area contributed by atoms with Crippen LogP contribution < -0.4 is 10.1 Å². The van der Waals surface area contributed by atoms with Crippen LogP contribution in [-0.4, -0.2) is 31.8 Å². The normalized spacial score (nSPS) is 11.9. The van der Waals surface area contributed by atoms with Gasteiger partial charge in [0.25, 0.3) is 0 Å². The Hall–Kier alpha value is -1.82. The van der Waals surface area contributed by atoms with Crippen LogP contribution in [0.15, 0.2) is 18.2 Å². The monoisotopic (exact) mass is 240 g/mol. The van der Waals surface area contributed by atoms with Crippen molar-refractivity contribution in [2.45, 2.75) is 13.0 Å². The number of ether oxygens (including phenoxy) is 2. The van der Waals surface area contributed by atoms with Crippen molar-refractivity contribution < 1.29 is 14.4 Å². The van der Waals surface area contributed by atoms with Crippen LogP contribution in [-0.2, 0) is 4.74 Å². The van der Waals surface area contributed by atoms with Crippen molar-refractivity contribution in [2.75, 3.05) is 26.1 Å². The van der Waals surface area contributed by atoms with E-state index >= 15 is 0 Å². The summed E-state index contributed by atoms with van der Waals surface area (Å²) >= 11 is 0. The summed E-state index contributed by atoms with van der Waals surface area (Å²) in [7, 11) is 3.03. The molecule has 17 heavy (non-hydrogen) atoms. The Bertz CT molecular complexity index is 395. The third-order valence-electron chi connectivity index (χ3n) is 2.21. The molecule has 1 rings (SSSR count). The van der Waals surface area contributed by atoms with Gasteiger partial charge in [0.05, 0.1) is 18.6 Å². The van der Waals surface area contributed by atoms with Gasteiger partial charge in [-0.2, -0.15) is 0 Å². The van der Waals surface area contributed by atoms with E-state index in [1.807, 2.05) is 6.92 Å². The van der Waals surface area contributed by atoms with E-state index in [0.29, 0.717) is 6.61 Å². The van der Waals surface area contributed by atoms with Crippen molar-refractivity contribution in [3.05, 3.63) is 28.3 Å². The molecule has 0 saturated heterocycles. The molecule has 0 amide bonds. The van der Waals surface area contributed by atoms with Crippen molar-refractivity contribution in [1.29, 1.82) is 0 Å². The molecule has 1 N–H and O–H groups in total. The standard InChI is InChI=1S/C11H16N2O4/c1-8(7-16-2)12-9-4-5-10(13(14)15)11(6-9)17-3/h4-6,8,12H,7H2,1-3H3. The van der Waals surface area contributed by atoms with Gasteiger partial charge >= 0.3 is 5.69 Å². The molecule has 0 fully saturated rings. The predicted octanol–water partition coefficient (Wildman–Crippen LogP) is 2.05. The third-order valence-corrected chi connectivity index (χ3v) is 2.21. The number of methoxy groups -OCH3 is 2. The van der Waals surface area contributed by atoms with E-state index in [1.54, 1.807) is 19.2 Å². The van der Waals surface area contributed by atoms with Crippen molar-refractivity contribution in [3.8, 4) is 5.75 Å². The molecule has 1 atom stereocenters. The number of anilines is 1. The lowest BCUT2D eigenvalue weighted by molar-refractivity contribution is -0.385. The summed E-state index contributed by atoms with van der Waals surface area (Å²) in [6.45, 7) is 2.51. The first-order chi connectivity index (χ1) is 8.08. The molecule has 0 aliphatic heterocycles. The first-order valence-electron chi connectivity index (χ1n) is 5.16. The molecule has 0 aliphatic rings. The number of hydrogen-bond acceptors (Lipinski definition) is 5. The number of benzene rings is 1. The van der Waals surface area contributed by atoms with Crippen LogP contribution in [0.5, 0.6) is 5.75 Å². The van der Waals surface area contributed by atoms with E-state index in [1.165, 1.54) is 13.2 Å². The lowest BCUT2D eigenvalue weighted by atomic mass is 10.2. The van der Waals surface area contributed by atoms with Gasteiger partial charge in [0.1, 0.15) is 0 Å². The van der Waals surface area contributed by atoms with Crippen LogP contribution in [0.2, 0.25) is 0 Å². The average molecular weight is 240 g/mol. The van der Waals surface area contributed by atoms with Crippen molar-refractivity contribution in [2.24, 2.45) is 0 Å². The molecule has 6 heteroatoms. The Morgan fingerprint density at radius 1 is 1.47 bits per heavy atom. The molecule has 0 bridgehead atoms. The van der Waals surface area contributed by atoms with Gasteiger partial charge in [0.15, 0.2) is 5.75 Å². The number of nitro groups is 1. The third kappa shape index (κ3) is 3.60. The van der Waals surface area contributed by atoms with Crippen molar-refractivity contribution in [1.82, 2.24) is 0 Å². The molecular formula is C11H16N2O4. The second kappa shape index (κ2) is 6.05. The first-order valence-corrected chi connectivity index (χ1v) is 5.16. The van der Waals surface area contributed by atoms with Gasteiger partial charge in [-0.25, -0.2) is 0 Å². The Balaban J connectivity index is 2.86. The highest BCUT2D eigenvalue weighted by molar-refractivity contribution is 5.58. The first kappa shape index (κ1) is 13.2. The molecule has 94 valence electrons. The minimum atomic E-state index is -0.471. The summed E-state index contributed by atoms with van der Waals surface area (Å²) in [5, 5.41) is 13.9. The Morgan fingerprint density at radius 2 is 2.18 bits per heavy atom. The molecule has 1 aromatic rings. The maximum atomic E-state index is 10.7. The molecule has 1 unspecified atom stereocenters. The Kier molecular flexibility index (Phi) is 4.71. The maximum Gasteiger partial charge on any atom is 0.311 e. The Labute approximate surface area is 99.7 Å². The predicted molar refractivity (Wildman–Crippen MR) is 64.6 cm³/mol. The van der Waals surface area contributed by atoms with Gasteiger partial charge in [0.2, 0.25) is 0 Å². The van der Waals surface area contributed by atoms with E-state index in [0.717, 1.165) is 5.69 Å². The highest BCUT2D eigenvalue weighted by atomic mass is 16.6. The summed E-state index contributed by atoms with van der Waals surface area (Å²) in [6.07, 6.45) is 0. The summed E-state index contributed by atoms with van der Waals surface area (Å²) in [5.74, 6) is 0.240. The summed E-state index contributed by atoms with van der Waals surface area (Å²) < 4.78 is 9.97. The zero-order valence-electron chi connectivity index (χ0n) is 10.1. The lowest BCUT2D eigenvalue weighted by Crippen LogP contribution is -2.20. The summed E-state index contributed by atoms with van der Waals surface area (Å²) in [4.78, 5) is 10.2. The van der Waals surface area contributed by atoms with E-state index in [4.69, 9.17) is 9.47 Å².